The van der Waals surface area contributed by atoms with Crippen LogP contribution in [0.5, 0.6) is 5.88 Å². The summed E-state index contributed by atoms with van der Waals surface area (Å²) in [5.41, 5.74) is 2.11. The summed E-state index contributed by atoms with van der Waals surface area (Å²) >= 11 is 0. The molecule has 2 aromatic rings. The van der Waals surface area contributed by atoms with Crippen LogP contribution in [0, 0.1) is 0 Å². The van der Waals surface area contributed by atoms with Crippen molar-refractivity contribution in [2.75, 3.05) is 12.4 Å². The molecule has 2 heterocycles. The van der Waals surface area contributed by atoms with Gasteiger partial charge in [-0.3, -0.25) is 0 Å². The van der Waals surface area contributed by atoms with Crippen LogP contribution in [0.15, 0.2) is 30.7 Å². The Bertz CT molecular complexity index is 525. The van der Waals surface area contributed by atoms with Crippen molar-refractivity contribution in [1.29, 1.82) is 0 Å². The third-order valence-corrected chi connectivity index (χ3v) is 2.76. The molecule has 1 N–H and O–H groups in total. The quantitative estimate of drug-likeness (QED) is 0.893. The number of rotatable bonds is 5. The maximum atomic E-state index is 5.02. The molecule has 0 aliphatic rings. The molecule has 5 nitrogen and oxygen atoms in total. The third-order valence-electron chi connectivity index (χ3n) is 2.76. The van der Waals surface area contributed by atoms with Gasteiger partial charge in [-0.1, -0.05) is 19.9 Å². The number of nitrogens with one attached hydrogen (secondary N) is 1. The van der Waals surface area contributed by atoms with Crippen LogP contribution in [0.3, 0.4) is 0 Å². The highest BCUT2D eigenvalue weighted by atomic mass is 16.5. The number of hydrogen-bond donors (Lipinski definition) is 1. The predicted molar refractivity (Wildman–Crippen MR) is 74.2 cm³/mol. The fraction of sp³-hybridized carbons (Fsp3) is 0.357. The van der Waals surface area contributed by atoms with Crippen molar-refractivity contribution in [3.8, 4) is 5.88 Å². The van der Waals surface area contributed by atoms with Gasteiger partial charge >= 0.3 is 0 Å². The summed E-state index contributed by atoms with van der Waals surface area (Å²) in [6.07, 6.45) is 3.38. The molecular weight excluding hydrogens is 240 g/mol. The number of anilines is 1. The zero-order chi connectivity index (χ0) is 13.7. The monoisotopic (exact) mass is 258 g/mol. The molecule has 0 fully saturated rings. The topological polar surface area (TPSA) is 59.9 Å². The lowest BCUT2D eigenvalue weighted by Crippen LogP contribution is -2.04. The minimum atomic E-state index is 0.395. The normalized spacial score (nSPS) is 10.5. The molecule has 2 rings (SSSR count). The van der Waals surface area contributed by atoms with Gasteiger partial charge in [-0.05, 0) is 11.5 Å². The Labute approximate surface area is 113 Å². The van der Waals surface area contributed by atoms with Crippen LogP contribution in [0.2, 0.25) is 0 Å². The van der Waals surface area contributed by atoms with Gasteiger partial charge in [-0.15, -0.1) is 0 Å². The molecule has 0 spiro atoms. The van der Waals surface area contributed by atoms with Gasteiger partial charge in [0.05, 0.1) is 7.11 Å². The van der Waals surface area contributed by atoms with Crippen LogP contribution in [0.1, 0.15) is 31.0 Å². The van der Waals surface area contributed by atoms with Gasteiger partial charge in [0.1, 0.15) is 12.1 Å². The predicted octanol–water partition coefficient (Wildman–Crippen LogP) is 2.62. The van der Waals surface area contributed by atoms with E-state index in [0.29, 0.717) is 18.3 Å². The largest absolute Gasteiger partial charge is 0.481 e. The Kier molecular flexibility index (Phi) is 4.28. The van der Waals surface area contributed by atoms with Crippen molar-refractivity contribution < 1.29 is 4.74 Å². The lowest BCUT2D eigenvalue weighted by Gasteiger charge is -2.08. The number of nitrogens with zero attached hydrogens (tertiary/aromatic N) is 3. The molecule has 0 aromatic carbocycles. The summed E-state index contributed by atoms with van der Waals surface area (Å²) in [5, 5.41) is 3.26. The van der Waals surface area contributed by atoms with E-state index in [9.17, 15) is 0 Å². The first-order valence-corrected chi connectivity index (χ1v) is 6.23. The molecule has 0 saturated carbocycles. The van der Waals surface area contributed by atoms with E-state index in [1.54, 1.807) is 19.6 Å². The van der Waals surface area contributed by atoms with E-state index >= 15 is 0 Å². The van der Waals surface area contributed by atoms with Gasteiger partial charge < -0.3 is 10.1 Å². The van der Waals surface area contributed by atoms with Gasteiger partial charge in [-0.2, -0.15) is 0 Å². The second-order valence-electron chi connectivity index (χ2n) is 4.55. The van der Waals surface area contributed by atoms with E-state index in [-0.39, 0.29) is 0 Å². The van der Waals surface area contributed by atoms with Gasteiger partial charge in [0.25, 0.3) is 0 Å². The molecular formula is C14H18N4O. The maximum absolute atomic E-state index is 5.02. The third kappa shape index (κ3) is 3.64. The van der Waals surface area contributed by atoms with Gasteiger partial charge in [0, 0.05) is 30.6 Å². The van der Waals surface area contributed by atoms with Crippen LogP contribution in [0.4, 0.5) is 5.82 Å². The molecule has 0 amide bonds. The number of pyridine rings is 1. The molecule has 19 heavy (non-hydrogen) atoms. The van der Waals surface area contributed by atoms with E-state index < -0.39 is 0 Å². The molecule has 0 saturated heterocycles. The zero-order valence-corrected chi connectivity index (χ0v) is 11.4. The minimum absolute atomic E-state index is 0.395. The number of ether oxygens (including phenoxy) is 1. The standard InChI is InChI=1S/C14H18N4O/c1-10(2)12-6-13(18-9-17-12)15-7-11-4-5-14(19-3)16-8-11/h4-6,8-10H,7H2,1-3H3,(H,15,17,18). The molecule has 100 valence electrons. The fourth-order valence-corrected chi connectivity index (χ4v) is 1.61. The molecule has 0 aliphatic heterocycles. The Morgan fingerprint density at radius 1 is 1.21 bits per heavy atom. The lowest BCUT2D eigenvalue weighted by atomic mass is 10.1. The molecule has 0 bridgehead atoms. The molecule has 2 aromatic heterocycles. The van der Waals surface area contributed by atoms with E-state index in [1.165, 1.54) is 0 Å². The second kappa shape index (κ2) is 6.13. The van der Waals surface area contributed by atoms with Gasteiger partial charge in [0.2, 0.25) is 5.88 Å². The highest BCUT2D eigenvalue weighted by Crippen LogP contribution is 2.14. The summed E-state index contributed by atoms with van der Waals surface area (Å²) in [6, 6.07) is 5.79. The Morgan fingerprint density at radius 3 is 2.68 bits per heavy atom. The highest BCUT2D eigenvalue weighted by Gasteiger charge is 2.03. The van der Waals surface area contributed by atoms with E-state index in [1.807, 2.05) is 18.2 Å². The molecule has 0 radical (unpaired) electrons. The Hall–Kier alpha value is -2.17. The van der Waals surface area contributed by atoms with Crippen LogP contribution in [0.25, 0.3) is 0 Å². The second-order valence-corrected chi connectivity index (χ2v) is 4.55. The van der Waals surface area contributed by atoms with Crippen molar-refractivity contribution in [1.82, 2.24) is 15.0 Å². The summed E-state index contributed by atoms with van der Waals surface area (Å²) in [6.45, 7) is 4.89. The Balaban J connectivity index is 1.99. The minimum Gasteiger partial charge on any atom is -0.481 e. The van der Waals surface area contributed by atoms with Gasteiger partial charge in [-0.25, -0.2) is 15.0 Å². The first-order valence-electron chi connectivity index (χ1n) is 6.23. The SMILES string of the molecule is COc1ccc(CNc2cc(C(C)C)ncn2)cn1. The average Bonchev–Trinajstić information content (AvgIpc) is 2.46. The van der Waals surface area contributed by atoms with Crippen molar-refractivity contribution in [2.24, 2.45) is 0 Å². The maximum Gasteiger partial charge on any atom is 0.212 e. The lowest BCUT2D eigenvalue weighted by molar-refractivity contribution is 0.397. The highest BCUT2D eigenvalue weighted by molar-refractivity contribution is 5.36. The number of hydrogen-bond acceptors (Lipinski definition) is 5. The first-order chi connectivity index (χ1) is 9.19. The summed E-state index contributed by atoms with van der Waals surface area (Å²) in [5.74, 6) is 1.84. The molecule has 0 atom stereocenters. The molecule has 0 unspecified atom stereocenters. The van der Waals surface area contributed by atoms with Crippen LogP contribution in [-0.2, 0) is 6.54 Å². The van der Waals surface area contributed by atoms with Crippen molar-refractivity contribution in [3.05, 3.63) is 42.0 Å². The van der Waals surface area contributed by atoms with E-state index in [0.717, 1.165) is 17.1 Å². The zero-order valence-electron chi connectivity index (χ0n) is 11.4. The van der Waals surface area contributed by atoms with Crippen molar-refractivity contribution in [2.45, 2.75) is 26.3 Å². The molecule has 0 aliphatic carbocycles. The summed E-state index contributed by atoms with van der Waals surface area (Å²) in [7, 11) is 1.61. The van der Waals surface area contributed by atoms with E-state index in [4.69, 9.17) is 4.74 Å². The fourth-order valence-electron chi connectivity index (χ4n) is 1.61. The summed E-state index contributed by atoms with van der Waals surface area (Å²) < 4.78 is 5.02. The Morgan fingerprint density at radius 2 is 2.05 bits per heavy atom. The van der Waals surface area contributed by atoms with Crippen molar-refractivity contribution >= 4 is 5.82 Å². The van der Waals surface area contributed by atoms with Crippen LogP contribution < -0.4 is 10.1 Å². The number of aromatic nitrogens is 3. The number of methoxy groups -OCH3 is 1. The first kappa shape index (κ1) is 13.3. The molecule has 5 heteroatoms. The van der Waals surface area contributed by atoms with E-state index in [2.05, 4.69) is 34.1 Å². The van der Waals surface area contributed by atoms with Gasteiger partial charge in [0.15, 0.2) is 0 Å². The van der Waals surface area contributed by atoms with Crippen LogP contribution >= 0.6 is 0 Å². The average molecular weight is 258 g/mol. The van der Waals surface area contributed by atoms with Crippen molar-refractivity contribution in [3.63, 3.8) is 0 Å². The smallest absolute Gasteiger partial charge is 0.212 e. The summed E-state index contributed by atoms with van der Waals surface area (Å²) in [4.78, 5) is 12.6. The van der Waals surface area contributed by atoms with Crippen LogP contribution in [-0.4, -0.2) is 22.1 Å².